The van der Waals surface area contributed by atoms with Crippen molar-refractivity contribution < 1.29 is 49.3 Å². The standard InChI is InChI=1S/C64H109NO10/c1-4-7-10-13-16-19-22-25-26-27-28-29-30-31-34-36-39-42-45-48-51-57(68)63(72)65-55(56(67)50-47-44-41-38-35-32-23-20-17-14-11-8-5-2)54-73-64-62(61(71)60(70)58(53-66)74-64)75-59(69)52-49-46-43-40-37-33-24-21-18-15-12-9-6-3/h9,12,15-16,18-19,21,24-26,28-29,33,37,47,50,55-58,60-62,64,66-68,70-71H,4-8,10-11,13-14,17,20,22-23,27,30-32,34-36,38-46,48-49,51-54H2,1-3H3,(H,65,72)/b12-9+,18-15+,19-16-,24-21-,26-25-,29-28-,37-33-,50-47+. The number of hydrogen-bond acceptors (Lipinski definition) is 10. The van der Waals surface area contributed by atoms with E-state index in [1.165, 1.54) is 96.3 Å². The van der Waals surface area contributed by atoms with Crippen LogP contribution < -0.4 is 5.32 Å². The van der Waals surface area contributed by atoms with E-state index in [0.29, 0.717) is 12.8 Å². The highest BCUT2D eigenvalue weighted by molar-refractivity contribution is 5.80. The van der Waals surface area contributed by atoms with Crippen LogP contribution in [0.2, 0.25) is 0 Å². The van der Waals surface area contributed by atoms with Gasteiger partial charge in [0.1, 0.15) is 24.4 Å². The molecule has 1 saturated heterocycles. The first-order chi connectivity index (χ1) is 36.7. The largest absolute Gasteiger partial charge is 0.454 e. The Morgan fingerprint density at radius 3 is 1.59 bits per heavy atom. The van der Waals surface area contributed by atoms with Gasteiger partial charge in [-0.1, -0.05) is 240 Å². The summed E-state index contributed by atoms with van der Waals surface area (Å²) in [5, 5.41) is 56.9. The van der Waals surface area contributed by atoms with E-state index in [9.17, 15) is 35.1 Å². The molecule has 0 aromatic rings. The number of unbranched alkanes of at least 4 members (excludes halogenated alkanes) is 24. The maximum atomic E-state index is 13.4. The van der Waals surface area contributed by atoms with Gasteiger partial charge in [0.25, 0.3) is 0 Å². The quantitative estimate of drug-likeness (QED) is 0.0149. The van der Waals surface area contributed by atoms with E-state index in [0.717, 1.165) is 89.9 Å². The summed E-state index contributed by atoms with van der Waals surface area (Å²) in [6.45, 7) is 5.58. The predicted octanol–water partition coefficient (Wildman–Crippen LogP) is 13.9. The maximum Gasteiger partial charge on any atom is 0.306 e. The molecule has 1 amide bonds. The van der Waals surface area contributed by atoms with Crippen molar-refractivity contribution in [2.24, 2.45) is 0 Å². The lowest BCUT2D eigenvalue weighted by molar-refractivity contribution is -0.305. The Morgan fingerprint density at radius 1 is 0.547 bits per heavy atom. The van der Waals surface area contributed by atoms with Gasteiger partial charge in [-0.15, -0.1) is 0 Å². The zero-order valence-electron chi connectivity index (χ0n) is 47.4. The van der Waals surface area contributed by atoms with Crippen molar-refractivity contribution in [3.63, 3.8) is 0 Å². The Hall–Kier alpha value is -3.42. The van der Waals surface area contributed by atoms with Crippen LogP contribution in [0.3, 0.4) is 0 Å². The van der Waals surface area contributed by atoms with E-state index in [1.54, 1.807) is 6.08 Å². The van der Waals surface area contributed by atoms with Gasteiger partial charge in [-0.2, -0.15) is 0 Å². The highest BCUT2D eigenvalue weighted by Gasteiger charge is 2.47. The van der Waals surface area contributed by atoms with Gasteiger partial charge in [-0.3, -0.25) is 9.59 Å². The van der Waals surface area contributed by atoms with Crippen molar-refractivity contribution in [3.8, 4) is 0 Å². The molecule has 0 aromatic carbocycles. The van der Waals surface area contributed by atoms with Gasteiger partial charge in [0.2, 0.25) is 5.91 Å². The first-order valence-corrected chi connectivity index (χ1v) is 30.1. The minimum absolute atomic E-state index is 0.0721. The Kier molecular flexibility index (Phi) is 47.6. The smallest absolute Gasteiger partial charge is 0.306 e. The minimum Gasteiger partial charge on any atom is -0.454 e. The Bertz CT molecular complexity index is 1580. The predicted molar refractivity (Wildman–Crippen MR) is 310 cm³/mol. The number of carbonyl (C=O) groups is 2. The van der Waals surface area contributed by atoms with Crippen LogP contribution in [0.1, 0.15) is 233 Å². The molecular weight excluding hydrogens is 943 g/mol. The number of esters is 1. The van der Waals surface area contributed by atoms with Crippen LogP contribution in [-0.2, 0) is 23.8 Å². The molecule has 6 N–H and O–H groups in total. The van der Waals surface area contributed by atoms with E-state index in [1.807, 2.05) is 42.5 Å². The van der Waals surface area contributed by atoms with Crippen molar-refractivity contribution in [2.45, 2.75) is 282 Å². The summed E-state index contributed by atoms with van der Waals surface area (Å²) in [7, 11) is 0. The normalized spacial score (nSPS) is 19.9. The second-order valence-corrected chi connectivity index (χ2v) is 20.4. The average molecular weight is 1050 g/mol. The number of amides is 1. The van der Waals surface area contributed by atoms with Crippen LogP contribution in [0.4, 0.5) is 0 Å². The molecule has 1 fully saturated rings. The van der Waals surface area contributed by atoms with Crippen LogP contribution in [0.5, 0.6) is 0 Å². The molecule has 0 radical (unpaired) electrons. The van der Waals surface area contributed by atoms with Crippen molar-refractivity contribution in [1.82, 2.24) is 5.32 Å². The monoisotopic (exact) mass is 1050 g/mol. The summed E-state index contributed by atoms with van der Waals surface area (Å²) >= 11 is 0. The molecule has 1 aliphatic heterocycles. The summed E-state index contributed by atoms with van der Waals surface area (Å²) in [5.41, 5.74) is 0. The fourth-order valence-electron chi connectivity index (χ4n) is 8.78. The van der Waals surface area contributed by atoms with Gasteiger partial charge in [0.15, 0.2) is 12.4 Å². The molecule has 1 aliphatic rings. The second-order valence-electron chi connectivity index (χ2n) is 20.4. The van der Waals surface area contributed by atoms with E-state index in [4.69, 9.17) is 14.2 Å². The molecule has 1 heterocycles. The SMILES string of the molecule is CC/C=C/C=C/C=C\C=C/CCCCCC(=O)OC1C(OCC(NC(=O)C(O)CCCCCCCCC/C=C\C/C=C\C/C=C\CCCCC)C(O)/C=C/CCCCCCCCCCCCC)OC(CO)C(O)C1O. The third-order valence-corrected chi connectivity index (χ3v) is 13.6. The van der Waals surface area contributed by atoms with E-state index < -0.39 is 67.4 Å². The molecule has 75 heavy (non-hydrogen) atoms. The van der Waals surface area contributed by atoms with Gasteiger partial charge in [0, 0.05) is 6.42 Å². The second kappa shape index (κ2) is 51.3. The van der Waals surface area contributed by atoms with Crippen LogP contribution in [0, 0.1) is 0 Å². The summed E-state index contributed by atoms with van der Waals surface area (Å²) in [6.07, 6.45) is 57.3. The zero-order valence-corrected chi connectivity index (χ0v) is 47.4. The van der Waals surface area contributed by atoms with Crippen LogP contribution in [0.25, 0.3) is 0 Å². The highest BCUT2D eigenvalue weighted by atomic mass is 16.7. The molecule has 11 nitrogen and oxygen atoms in total. The third kappa shape index (κ3) is 39.6. The van der Waals surface area contributed by atoms with Crippen LogP contribution in [-0.4, -0.2) is 99.6 Å². The molecule has 8 atom stereocenters. The minimum atomic E-state index is -1.64. The van der Waals surface area contributed by atoms with Crippen molar-refractivity contribution in [1.29, 1.82) is 0 Å². The fourth-order valence-corrected chi connectivity index (χ4v) is 8.78. The fraction of sp³-hybridized carbons (Fsp3) is 0.719. The summed E-state index contributed by atoms with van der Waals surface area (Å²) in [5.74, 6) is -1.25. The lowest BCUT2D eigenvalue weighted by Gasteiger charge is -2.41. The molecule has 8 unspecified atom stereocenters. The van der Waals surface area contributed by atoms with E-state index in [2.05, 4.69) is 74.7 Å². The molecule has 11 heteroatoms. The molecular formula is C64H109NO10. The van der Waals surface area contributed by atoms with Crippen molar-refractivity contribution in [2.75, 3.05) is 13.2 Å². The third-order valence-electron chi connectivity index (χ3n) is 13.6. The zero-order chi connectivity index (χ0) is 54.7. The van der Waals surface area contributed by atoms with Crippen molar-refractivity contribution in [3.05, 3.63) is 97.2 Å². The van der Waals surface area contributed by atoms with Gasteiger partial charge < -0.3 is 45.1 Å². The molecule has 0 saturated carbocycles. The molecule has 0 aromatic heterocycles. The highest BCUT2D eigenvalue weighted by Crippen LogP contribution is 2.26. The molecule has 0 bridgehead atoms. The van der Waals surface area contributed by atoms with Crippen LogP contribution >= 0.6 is 0 Å². The van der Waals surface area contributed by atoms with E-state index >= 15 is 0 Å². The number of aliphatic hydroxyl groups excluding tert-OH is 5. The number of carbonyl (C=O) groups excluding carboxylic acids is 2. The summed E-state index contributed by atoms with van der Waals surface area (Å²) < 4.78 is 17.5. The van der Waals surface area contributed by atoms with E-state index in [-0.39, 0.29) is 19.4 Å². The number of allylic oxidation sites excluding steroid dienone is 15. The number of rotatable bonds is 49. The Labute approximate surface area is 456 Å². The van der Waals surface area contributed by atoms with Gasteiger partial charge in [0.05, 0.1) is 25.4 Å². The van der Waals surface area contributed by atoms with Gasteiger partial charge in [-0.05, 0) is 83.5 Å². The van der Waals surface area contributed by atoms with Crippen LogP contribution in [0.15, 0.2) is 97.2 Å². The Balaban J connectivity index is 2.73. The number of aliphatic hydroxyl groups is 5. The molecule has 430 valence electrons. The van der Waals surface area contributed by atoms with Crippen molar-refractivity contribution >= 4 is 11.9 Å². The summed E-state index contributed by atoms with van der Waals surface area (Å²) in [4.78, 5) is 26.5. The summed E-state index contributed by atoms with van der Waals surface area (Å²) in [6, 6.07) is -1.04. The molecule has 1 rings (SSSR count). The lowest BCUT2D eigenvalue weighted by atomic mass is 9.99. The first-order valence-electron chi connectivity index (χ1n) is 30.1. The first kappa shape index (κ1) is 69.6. The number of nitrogens with one attached hydrogen (secondary N) is 1. The van der Waals surface area contributed by atoms with Gasteiger partial charge in [-0.25, -0.2) is 0 Å². The molecule has 0 aliphatic carbocycles. The molecule has 0 spiro atoms. The average Bonchev–Trinajstić information content (AvgIpc) is 3.41. The van der Waals surface area contributed by atoms with Gasteiger partial charge >= 0.3 is 5.97 Å². The topological polar surface area (TPSA) is 175 Å². The Morgan fingerprint density at radius 2 is 1.01 bits per heavy atom. The maximum absolute atomic E-state index is 13.4. The number of ether oxygens (including phenoxy) is 3. The number of hydrogen-bond donors (Lipinski definition) is 6. The lowest BCUT2D eigenvalue weighted by Crippen LogP contribution is -2.61.